The Bertz CT molecular complexity index is 532. The number of nitrogens with zero attached hydrogens (tertiary/aromatic N) is 2. The second kappa shape index (κ2) is 6.66. The molecule has 1 N–H and O–H groups in total. The van der Waals surface area contributed by atoms with Crippen LogP contribution in [0.15, 0.2) is 29.3 Å². The molecule has 2 aliphatic heterocycles. The number of carboxylic acids is 1. The van der Waals surface area contributed by atoms with Crippen LogP contribution in [0.3, 0.4) is 0 Å². The SMILES string of the molecule is C=C(CCl)C(C(=O)O)N1C(=O)C2N=C(CCC=CC)SC21. The molecule has 1 amide bonds. The molecule has 3 atom stereocenters. The number of hydrogen-bond acceptors (Lipinski definition) is 4. The predicted molar refractivity (Wildman–Crippen MR) is 84.8 cm³/mol. The Kier molecular flexibility index (Phi) is 5.11. The molecule has 0 radical (unpaired) electrons. The molecule has 5 nitrogen and oxygen atoms in total. The minimum Gasteiger partial charge on any atom is -0.479 e. The average Bonchev–Trinajstić information content (AvgIpc) is 2.83. The van der Waals surface area contributed by atoms with E-state index in [9.17, 15) is 14.7 Å². The zero-order chi connectivity index (χ0) is 15.6. The summed E-state index contributed by atoms with van der Waals surface area (Å²) < 4.78 is 0. The first-order valence-electron chi connectivity index (χ1n) is 6.64. The maximum absolute atomic E-state index is 12.1. The molecule has 2 aliphatic rings. The Morgan fingerprint density at radius 3 is 2.95 bits per heavy atom. The number of carbonyl (C=O) groups excluding carboxylic acids is 1. The summed E-state index contributed by atoms with van der Waals surface area (Å²) in [6, 6.07) is -1.51. The highest BCUT2D eigenvalue weighted by atomic mass is 35.5. The van der Waals surface area contributed by atoms with Crippen LogP contribution in [-0.4, -0.2) is 50.3 Å². The van der Waals surface area contributed by atoms with Crippen molar-refractivity contribution in [2.75, 3.05) is 5.88 Å². The van der Waals surface area contributed by atoms with Crippen molar-refractivity contribution < 1.29 is 14.7 Å². The summed E-state index contributed by atoms with van der Waals surface area (Å²) in [6.45, 7) is 5.62. The van der Waals surface area contributed by atoms with Crippen molar-refractivity contribution >= 4 is 40.3 Å². The molecule has 0 bridgehead atoms. The molecule has 0 saturated carbocycles. The molecule has 0 spiro atoms. The monoisotopic (exact) mass is 328 g/mol. The van der Waals surface area contributed by atoms with Crippen molar-refractivity contribution in [1.29, 1.82) is 0 Å². The van der Waals surface area contributed by atoms with Gasteiger partial charge in [0.1, 0.15) is 5.37 Å². The van der Waals surface area contributed by atoms with E-state index < -0.39 is 18.1 Å². The summed E-state index contributed by atoms with van der Waals surface area (Å²) in [5, 5.41) is 9.98. The first kappa shape index (κ1) is 16.1. The second-order valence-corrected chi connectivity index (χ2v) is 6.32. The smallest absolute Gasteiger partial charge is 0.330 e. The van der Waals surface area contributed by atoms with E-state index in [2.05, 4.69) is 11.6 Å². The molecular weight excluding hydrogens is 312 g/mol. The van der Waals surface area contributed by atoms with Crippen molar-refractivity contribution in [3.05, 3.63) is 24.3 Å². The minimum absolute atomic E-state index is 0.0117. The van der Waals surface area contributed by atoms with Crippen LogP contribution in [0.4, 0.5) is 0 Å². The number of rotatable bonds is 7. The summed E-state index contributed by atoms with van der Waals surface area (Å²) in [5.41, 5.74) is 0.318. The van der Waals surface area contributed by atoms with Gasteiger partial charge in [0.05, 0.1) is 5.04 Å². The Morgan fingerprint density at radius 1 is 1.67 bits per heavy atom. The average molecular weight is 329 g/mol. The van der Waals surface area contributed by atoms with Crippen molar-refractivity contribution in [2.24, 2.45) is 4.99 Å². The Labute approximate surface area is 132 Å². The first-order valence-corrected chi connectivity index (χ1v) is 8.05. The summed E-state index contributed by atoms with van der Waals surface area (Å²) in [5.74, 6) is -1.35. The highest BCUT2D eigenvalue weighted by Crippen LogP contribution is 2.42. The molecule has 21 heavy (non-hydrogen) atoms. The van der Waals surface area contributed by atoms with E-state index in [0.717, 1.165) is 17.9 Å². The number of thioether (sulfide) groups is 1. The maximum atomic E-state index is 12.1. The number of fused-ring (bicyclic) bond motifs is 1. The molecule has 1 saturated heterocycles. The fourth-order valence-electron chi connectivity index (χ4n) is 2.37. The number of carboxylic acid groups (broad SMARTS) is 1. The largest absolute Gasteiger partial charge is 0.479 e. The lowest BCUT2D eigenvalue weighted by atomic mass is 10.00. The molecular formula is C14H17ClN2O3S. The summed E-state index contributed by atoms with van der Waals surface area (Å²) in [6.07, 6.45) is 5.65. The number of halogens is 1. The molecule has 0 aromatic carbocycles. The molecule has 3 unspecified atom stereocenters. The van der Waals surface area contributed by atoms with Crippen LogP contribution in [0.2, 0.25) is 0 Å². The van der Waals surface area contributed by atoms with E-state index in [4.69, 9.17) is 11.6 Å². The Balaban J connectivity index is 2.06. The number of hydrogen-bond donors (Lipinski definition) is 1. The van der Waals surface area contributed by atoms with Gasteiger partial charge in [-0.15, -0.1) is 11.6 Å². The van der Waals surface area contributed by atoms with Crippen molar-refractivity contribution in [3.8, 4) is 0 Å². The number of likely N-dealkylation sites (tertiary alicyclic amines) is 1. The van der Waals surface area contributed by atoms with E-state index >= 15 is 0 Å². The third-order valence-corrected chi connectivity index (χ3v) is 5.07. The lowest BCUT2D eigenvalue weighted by Gasteiger charge is -2.44. The van der Waals surface area contributed by atoms with Gasteiger partial charge in [-0.05, 0) is 25.3 Å². The number of aliphatic imine (C=N–C) groups is 1. The highest BCUT2D eigenvalue weighted by molar-refractivity contribution is 8.14. The topological polar surface area (TPSA) is 70.0 Å². The number of β-lactam (4-membered cyclic amide) rings is 1. The van der Waals surface area contributed by atoms with Gasteiger partial charge in [-0.3, -0.25) is 9.79 Å². The van der Waals surface area contributed by atoms with Crippen LogP contribution in [-0.2, 0) is 9.59 Å². The Morgan fingerprint density at radius 2 is 2.38 bits per heavy atom. The lowest BCUT2D eigenvalue weighted by molar-refractivity contribution is -0.157. The lowest BCUT2D eigenvalue weighted by Crippen LogP contribution is -2.66. The van der Waals surface area contributed by atoms with Gasteiger partial charge in [0.15, 0.2) is 12.1 Å². The molecule has 2 heterocycles. The first-order chi connectivity index (χ1) is 10.0. The van der Waals surface area contributed by atoms with Crippen molar-refractivity contribution in [2.45, 2.75) is 37.2 Å². The second-order valence-electron chi connectivity index (χ2n) is 4.86. The summed E-state index contributed by atoms with van der Waals surface area (Å²) in [4.78, 5) is 29.2. The normalized spacial score (nSPS) is 25.5. The summed E-state index contributed by atoms with van der Waals surface area (Å²) in [7, 11) is 0. The zero-order valence-corrected chi connectivity index (χ0v) is 13.2. The van der Waals surface area contributed by atoms with Gasteiger partial charge in [0, 0.05) is 5.88 Å². The number of aliphatic carboxylic acids is 1. The number of allylic oxidation sites excluding steroid dienone is 2. The number of amides is 1. The molecule has 0 aromatic heterocycles. The minimum atomic E-state index is -1.10. The summed E-state index contributed by atoms with van der Waals surface area (Å²) >= 11 is 7.15. The van der Waals surface area contributed by atoms with Gasteiger partial charge in [-0.25, -0.2) is 4.79 Å². The quantitative estimate of drug-likeness (QED) is 0.442. The van der Waals surface area contributed by atoms with Crippen LogP contribution in [0, 0.1) is 0 Å². The molecule has 0 aromatic rings. The molecule has 1 fully saturated rings. The van der Waals surface area contributed by atoms with Crippen LogP contribution >= 0.6 is 23.4 Å². The van der Waals surface area contributed by atoms with Gasteiger partial charge >= 0.3 is 5.97 Å². The van der Waals surface area contributed by atoms with Gasteiger partial charge in [-0.1, -0.05) is 30.5 Å². The van der Waals surface area contributed by atoms with Crippen molar-refractivity contribution in [1.82, 2.24) is 4.90 Å². The number of alkyl halides is 1. The molecule has 7 heteroatoms. The Hall–Kier alpha value is -1.27. The standard InChI is InChI=1S/C14H17ClN2O3S/c1-3-4-5-6-9-16-10-12(18)17(13(10)21-9)11(14(19)20)8(2)7-15/h3-4,10-11,13H,2,5-7H2,1H3,(H,19,20). The van der Waals surface area contributed by atoms with E-state index in [1.54, 1.807) is 0 Å². The van der Waals surface area contributed by atoms with Crippen LogP contribution in [0.25, 0.3) is 0 Å². The van der Waals surface area contributed by atoms with E-state index in [1.165, 1.54) is 16.7 Å². The molecule has 2 rings (SSSR count). The van der Waals surface area contributed by atoms with Gasteiger partial charge in [0.2, 0.25) is 0 Å². The molecule has 114 valence electrons. The third kappa shape index (κ3) is 3.01. The van der Waals surface area contributed by atoms with E-state index in [0.29, 0.717) is 5.57 Å². The fraction of sp³-hybridized carbons (Fsp3) is 0.500. The van der Waals surface area contributed by atoms with Crippen LogP contribution in [0.5, 0.6) is 0 Å². The predicted octanol–water partition coefficient (Wildman–Crippen LogP) is 2.27. The van der Waals surface area contributed by atoms with Gasteiger partial charge < -0.3 is 10.0 Å². The zero-order valence-electron chi connectivity index (χ0n) is 11.7. The number of carbonyl (C=O) groups is 2. The van der Waals surface area contributed by atoms with Gasteiger partial charge in [0.25, 0.3) is 5.91 Å². The van der Waals surface area contributed by atoms with E-state index in [1.807, 2.05) is 19.1 Å². The van der Waals surface area contributed by atoms with E-state index in [-0.39, 0.29) is 17.2 Å². The van der Waals surface area contributed by atoms with Crippen molar-refractivity contribution in [3.63, 3.8) is 0 Å². The highest BCUT2D eigenvalue weighted by Gasteiger charge is 2.56. The molecule has 0 aliphatic carbocycles. The van der Waals surface area contributed by atoms with Crippen LogP contribution in [0.1, 0.15) is 19.8 Å². The maximum Gasteiger partial charge on any atom is 0.330 e. The van der Waals surface area contributed by atoms with Gasteiger partial charge in [-0.2, -0.15) is 0 Å². The fourth-order valence-corrected chi connectivity index (χ4v) is 3.85. The third-order valence-electron chi connectivity index (χ3n) is 3.42. The van der Waals surface area contributed by atoms with Crippen LogP contribution < -0.4 is 0 Å².